The minimum absolute atomic E-state index is 0.134. The van der Waals surface area contributed by atoms with Crippen LogP contribution in [0.5, 0.6) is 5.75 Å². The number of carboxylic acid groups (broad SMARTS) is 1. The van der Waals surface area contributed by atoms with Gasteiger partial charge >= 0.3 is 0 Å². The van der Waals surface area contributed by atoms with Crippen LogP contribution in [0.4, 0.5) is 0 Å². The number of sulfone groups is 1. The smallest absolute Gasteiger partial charge is 0.300 e. The summed E-state index contributed by atoms with van der Waals surface area (Å²) in [6.45, 7) is 1.41. The third-order valence-electron chi connectivity index (χ3n) is 6.56. The molecule has 0 radical (unpaired) electrons. The molecule has 0 fully saturated rings. The van der Waals surface area contributed by atoms with E-state index in [1.54, 1.807) is 18.1 Å². The summed E-state index contributed by atoms with van der Waals surface area (Å²) < 4.78 is 30.0. The number of hydrogen-bond donors (Lipinski definition) is 2. The van der Waals surface area contributed by atoms with E-state index in [2.05, 4.69) is 0 Å². The molecular weight excluding hydrogens is 575 g/mol. The van der Waals surface area contributed by atoms with E-state index in [4.69, 9.17) is 53.6 Å². The van der Waals surface area contributed by atoms with Crippen LogP contribution in [0.2, 0.25) is 10.0 Å². The maximum atomic E-state index is 12.3. The molecule has 0 spiro atoms. The third kappa shape index (κ3) is 5.94. The maximum absolute atomic E-state index is 12.3. The summed E-state index contributed by atoms with van der Waals surface area (Å²) in [5.41, 5.74) is 8.75. The van der Waals surface area contributed by atoms with Gasteiger partial charge in [-0.3, -0.25) is 14.7 Å². The summed E-state index contributed by atoms with van der Waals surface area (Å²) >= 11 is 12.5. The number of nitrogens with zero attached hydrogens (tertiary/aromatic N) is 3. The number of aliphatic imine (C=N–C) groups is 2. The monoisotopic (exact) mass is 602 g/mol. The first-order valence-corrected chi connectivity index (χ1v) is 14.8. The van der Waals surface area contributed by atoms with Crippen molar-refractivity contribution in [1.29, 1.82) is 0 Å². The number of halogens is 2. The summed E-state index contributed by atoms with van der Waals surface area (Å²) in [5.74, 6) is 0.672. The number of guanidine groups is 1. The van der Waals surface area contributed by atoms with E-state index in [1.807, 2.05) is 60.7 Å². The third-order valence-corrected chi connectivity index (χ3v) is 8.50. The molecule has 2 unspecified atom stereocenters. The van der Waals surface area contributed by atoms with Gasteiger partial charge in [-0.2, -0.15) is 0 Å². The van der Waals surface area contributed by atoms with Gasteiger partial charge in [0.2, 0.25) is 0 Å². The van der Waals surface area contributed by atoms with Crippen LogP contribution in [0.25, 0.3) is 11.1 Å². The van der Waals surface area contributed by atoms with Gasteiger partial charge in [0.1, 0.15) is 11.6 Å². The summed E-state index contributed by atoms with van der Waals surface area (Å²) in [5, 5.41) is 7.82. The molecule has 2 atom stereocenters. The van der Waals surface area contributed by atoms with Crippen molar-refractivity contribution in [2.45, 2.75) is 17.7 Å². The van der Waals surface area contributed by atoms with Gasteiger partial charge in [-0.15, -0.1) is 0 Å². The molecule has 3 aromatic carbocycles. The van der Waals surface area contributed by atoms with Crippen molar-refractivity contribution in [2.75, 3.05) is 26.5 Å². The Kier molecular flexibility index (Phi) is 8.44. The number of fused-ring (bicyclic) bond motifs is 1. The fourth-order valence-corrected chi connectivity index (χ4v) is 6.01. The molecule has 12 heteroatoms. The lowest BCUT2D eigenvalue weighted by Crippen LogP contribution is -2.52. The van der Waals surface area contributed by atoms with Crippen molar-refractivity contribution in [3.63, 3.8) is 0 Å². The van der Waals surface area contributed by atoms with E-state index >= 15 is 0 Å². The summed E-state index contributed by atoms with van der Waals surface area (Å²) in [4.78, 5) is 20.4. The van der Waals surface area contributed by atoms with Gasteiger partial charge in [-0.05, 0) is 58.7 Å². The molecule has 9 nitrogen and oxygen atoms in total. The molecule has 0 amide bonds. The van der Waals surface area contributed by atoms with E-state index in [0.29, 0.717) is 21.6 Å². The molecule has 0 bridgehead atoms. The highest BCUT2D eigenvalue weighted by molar-refractivity contribution is 7.91. The Labute approximate surface area is 242 Å². The second-order valence-electron chi connectivity index (χ2n) is 9.39. The molecule has 40 heavy (non-hydrogen) atoms. The van der Waals surface area contributed by atoms with Crippen LogP contribution in [0.1, 0.15) is 18.1 Å². The van der Waals surface area contributed by atoms with E-state index in [0.717, 1.165) is 29.2 Å². The van der Waals surface area contributed by atoms with Crippen molar-refractivity contribution in [3.8, 4) is 16.9 Å². The molecule has 0 aliphatic carbocycles. The van der Waals surface area contributed by atoms with Gasteiger partial charge in [-0.1, -0.05) is 53.5 Å². The average Bonchev–Trinajstić information content (AvgIpc) is 3.20. The quantitative estimate of drug-likeness (QED) is 0.440. The van der Waals surface area contributed by atoms with Gasteiger partial charge in [0, 0.05) is 29.8 Å². The molecule has 0 aromatic heterocycles. The maximum Gasteiger partial charge on any atom is 0.300 e. The lowest BCUT2D eigenvalue weighted by molar-refractivity contribution is -0.134. The van der Waals surface area contributed by atoms with Crippen molar-refractivity contribution < 1.29 is 23.1 Å². The lowest BCUT2D eigenvalue weighted by Gasteiger charge is -2.35. The van der Waals surface area contributed by atoms with E-state index in [-0.39, 0.29) is 19.0 Å². The highest BCUT2D eigenvalue weighted by Gasteiger charge is 2.51. The normalized spacial score (nSPS) is 20.0. The van der Waals surface area contributed by atoms with E-state index in [1.165, 1.54) is 6.26 Å². The van der Waals surface area contributed by atoms with Crippen LogP contribution in [-0.2, 0) is 20.2 Å². The van der Waals surface area contributed by atoms with Crippen molar-refractivity contribution in [1.82, 2.24) is 4.90 Å². The number of rotatable bonds is 5. The Hall–Kier alpha value is -3.60. The second-order valence-corrected chi connectivity index (χ2v) is 12.6. The highest BCUT2D eigenvalue weighted by atomic mass is 35.5. The standard InChI is InChI=1S/C26H24Cl2N4O3S.C2H4O2/c1-35-22-8-6-18(7-9-22)26(24-30-14-23(36(2,33)34)15-32(24)25(29)31-26)19-5-3-4-16(10-19)17-11-20(27)13-21(28)12-17;1-2(3)4/h3-13,23H,14-15H2,1-2H3,(H2,29,31);1H3,(H,3,4). The van der Waals surface area contributed by atoms with Crippen LogP contribution in [0, 0.1) is 0 Å². The molecule has 3 N–H and O–H groups in total. The van der Waals surface area contributed by atoms with Crippen molar-refractivity contribution in [2.24, 2.45) is 15.7 Å². The average molecular weight is 604 g/mol. The fourth-order valence-electron chi connectivity index (χ4n) is 4.72. The van der Waals surface area contributed by atoms with Crippen molar-refractivity contribution in [3.05, 3.63) is 87.9 Å². The number of methoxy groups -OCH3 is 1. The first kappa shape index (κ1) is 29.4. The largest absolute Gasteiger partial charge is 0.497 e. The number of ether oxygens (including phenoxy) is 1. The Balaban J connectivity index is 0.000000867. The van der Waals surface area contributed by atoms with Crippen LogP contribution in [0.3, 0.4) is 0 Å². The molecule has 0 saturated carbocycles. The number of nitrogens with two attached hydrogens (primary N) is 1. The Bertz CT molecular complexity index is 1580. The molecular formula is C28H28Cl2N4O5S. The van der Waals surface area contributed by atoms with Gasteiger partial charge in [0.05, 0.1) is 18.9 Å². The van der Waals surface area contributed by atoms with Crippen molar-refractivity contribution >= 4 is 50.8 Å². The Morgan fingerprint density at radius 3 is 2.25 bits per heavy atom. The van der Waals surface area contributed by atoms with E-state index in [9.17, 15) is 8.42 Å². The van der Waals surface area contributed by atoms with Crippen LogP contribution in [-0.4, -0.2) is 67.9 Å². The first-order valence-electron chi connectivity index (χ1n) is 12.1. The minimum atomic E-state index is -3.32. The van der Waals surface area contributed by atoms with Gasteiger partial charge in [0.15, 0.2) is 21.3 Å². The number of benzene rings is 3. The Morgan fingerprint density at radius 2 is 1.68 bits per heavy atom. The fraction of sp³-hybridized carbons (Fsp3) is 0.250. The van der Waals surface area contributed by atoms with Gasteiger partial charge < -0.3 is 15.6 Å². The molecule has 210 valence electrons. The Morgan fingerprint density at radius 1 is 1.05 bits per heavy atom. The molecule has 2 aliphatic heterocycles. The lowest BCUT2D eigenvalue weighted by atomic mass is 9.81. The zero-order valence-corrected chi connectivity index (χ0v) is 24.3. The predicted octanol–water partition coefficient (Wildman–Crippen LogP) is 4.46. The molecule has 2 heterocycles. The number of hydrogen-bond acceptors (Lipinski definition) is 8. The van der Waals surface area contributed by atoms with Crippen LogP contribution >= 0.6 is 23.2 Å². The number of carbonyl (C=O) groups is 1. The van der Waals surface area contributed by atoms with E-state index < -0.39 is 26.6 Å². The minimum Gasteiger partial charge on any atom is -0.497 e. The van der Waals surface area contributed by atoms with Crippen LogP contribution in [0.15, 0.2) is 76.7 Å². The summed E-state index contributed by atoms with van der Waals surface area (Å²) in [7, 11) is -1.71. The second kappa shape index (κ2) is 11.5. The van der Waals surface area contributed by atoms with Gasteiger partial charge in [0.25, 0.3) is 5.97 Å². The molecule has 0 saturated heterocycles. The van der Waals surface area contributed by atoms with Gasteiger partial charge in [-0.25, -0.2) is 13.4 Å². The number of carboxylic acids is 1. The van der Waals surface area contributed by atoms with Crippen LogP contribution < -0.4 is 10.5 Å². The zero-order chi connectivity index (χ0) is 29.2. The summed E-state index contributed by atoms with van der Waals surface area (Å²) in [6, 6.07) is 20.8. The molecule has 5 rings (SSSR count). The summed E-state index contributed by atoms with van der Waals surface area (Å²) in [6.07, 6.45) is 1.22. The molecule has 3 aromatic rings. The number of amidine groups is 1. The number of aliphatic carboxylic acids is 1. The SMILES string of the molecule is CC(=O)O.COc1ccc(C2(c3cccc(-c4cc(Cl)cc(Cl)c4)c3)N=C(N)N3CC(S(C)(=O)=O)CN=C32)cc1. The zero-order valence-electron chi connectivity index (χ0n) is 22.0. The molecule has 2 aliphatic rings. The predicted molar refractivity (Wildman–Crippen MR) is 158 cm³/mol. The highest BCUT2D eigenvalue weighted by Crippen LogP contribution is 2.43. The topological polar surface area (TPSA) is 135 Å². The first-order chi connectivity index (χ1) is 18.8.